The SMILES string of the molecule is CCOCCN(CC)c1cccc(F)c1C(N)=S. The molecule has 3 nitrogen and oxygen atoms in total. The van der Waals surface area contributed by atoms with E-state index in [-0.39, 0.29) is 10.8 Å². The van der Waals surface area contributed by atoms with Crippen LogP contribution in [0.15, 0.2) is 18.2 Å². The Labute approximate surface area is 113 Å². The van der Waals surface area contributed by atoms with E-state index < -0.39 is 0 Å². The van der Waals surface area contributed by atoms with Gasteiger partial charge in [0.15, 0.2) is 0 Å². The number of thiocarbonyl (C=S) groups is 1. The summed E-state index contributed by atoms with van der Waals surface area (Å²) in [4.78, 5) is 2.09. The molecule has 0 fully saturated rings. The highest BCUT2D eigenvalue weighted by atomic mass is 32.1. The topological polar surface area (TPSA) is 38.5 Å². The number of hydrogen-bond donors (Lipinski definition) is 1. The Kier molecular flexibility index (Phi) is 6.01. The highest BCUT2D eigenvalue weighted by Gasteiger charge is 2.15. The lowest BCUT2D eigenvalue weighted by atomic mass is 10.1. The van der Waals surface area contributed by atoms with E-state index in [0.717, 1.165) is 12.2 Å². The maximum atomic E-state index is 13.8. The first kappa shape index (κ1) is 14.9. The van der Waals surface area contributed by atoms with Crippen LogP contribution in [0.3, 0.4) is 0 Å². The highest BCUT2D eigenvalue weighted by molar-refractivity contribution is 7.80. The molecule has 1 rings (SSSR count). The molecule has 0 radical (unpaired) electrons. The molecule has 0 aliphatic heterocycles. The van der Waals surface area contributed by atoms with Gasteiger partial charge in [-0.3, -0.25) is 0 Å². The summed E-state index contributed by atoms with van der Waals surface area (Å²) in [5, 5.41) is 0. The number of benzene rings is 1. The summed E-state index contributed by atoms with van der Waals surface area (Å²) in [6, 6.07) is 4.86. The second-order valence-electron chi connectivity index (χ2n) is 3.77. The van der Waals surface area contributed by atoms with Crippen molar-refractivity contribution in [1.29, 1.82) is 0 Å². The average molecular weight is 270 g/mol. The molecule has 0 unspecified atom stereocenters. The van der Waals surface area contributed by atoms with Crippen LogP contribution < -0.4 is 10.6 Å². The molecule has 1 aromatic carbocycles. The van der Waals surface area contributed by atoms with Crippen LogP contribution in [0.2, 0.25) is 0 Å². The van der Waals surface area contributed by atoms with Gasteiger partial charge in [-0.2, -0.15) is 0 Å². The van der Waals surface area contributed by atoms with Gasteiger partial charge in [0.25, 0.3) is 0 Å². The molecule has 0 saturated carbocycles. The third kappa shape index (κ3) is 3.65. The predicted octanol–water partition coefficient (Wildman–Crippen LogP) is 2.32. The molecule has 0 aromatic heterocycles. The van der Waals surface area contributed by atoms with Crippen molar-refractivity contribution in [2.24, 2.45) is 5.73 Å². The molecule has 0 aliphatic carbocycles. The van der Waals surface area contributed by atoms with Gasteiger partial charge in [-0.25, -0.2) is 4.39 Å². The fraction of sp³-hybridized carbons (Fsp3) is 0.462. The van der Waals surface area contributed by atoms with Crippen LogP contribution >= 0.6 is 12.2 Å². The monoisotopic (exact) mass is 270 g/mol. The Balaban J connectivity index is 2.98. The second-order valence-corrected chi connectivity index (χ2v) is 4.21. The van der Waals surface area contributed by atoms with Crippen LogP contribution in [-0.2, 0) is 4.74 Å². The fourth-order valence-corrected chi connectivity index (χ4v) is 1.99. The number of halogens is 1. The molecular weight excluding hydrogens is 251 g/mol. The summed E-state index contributed by atoms with van der Waals surface area (Å²) >= 11 is 4.92. The third-order valence-corrected chi connectivity index (χ3v) is 2.87. The molecule has 100 valence electrons. The van der Waals surface area contributed by atoms with Gasteiger partial charge in [0.05, 0.1) is 12.2 Å². The van der Waals surface area contributed by atoms with Crippen LogP contribution in [0.5, 0.6) is 0 Å². The molecular formula is C13H19FN2OS. The number of hydrogen-bond acceptors (Lipinski definition) is 3. The van der Waals surface area contributed by atoms with Crippen molar-refractivity contribution in [3.8, 4) is 0 Å². The molecule has 0 bridgehead atoms. The van der Waals surface area contributed by atoms with E-state index >= 15 is 0 Å². The van der Waals surface area contributed by atoms with Crippen LogP contribution in [0.1, 0.15) is 19.4 Å². The third-order valence-electron chi connectivity index (χ3n) is 2.67. The van der Waals surface area contributed by atoms with Gasteiger partial charge >= 0.3 is 0 Å². The van der Waals surface area contributed by atoms with E-state index in [0.29, 0.717) is 25.3 Å². The summed E-state index contributed by atoms with van der Waals surface area (Å²) in [7, 11) is 0. The molecule has 0 aliphatic rings. The van der Waals surface area contributed by atoms with Crippen LogP contribution in [0, 0.1) is 5.82 Å². The average Bonchev–Trinajstić information content (AvgIpc) is 2.34. The molecule has 0 spiro atoms. The smallest absolute Gasteiger partial charge is 0.135 e. The van der Waals surface area contributed by atoms with Crippen molar-refractivity contribution < 1.29 is 9.13 Å². The zero-order chi connectivity index (χ0) is 13.5. The van der Waals surface area contributed by atoms with E-state index in [9.17, 15) is 4.39 Å². The summed E-state index contributed by atoms with van der Waals surface area (Å²) in [5.74, 6) is -0.380. The minimum absolute atomic E-state index is 0.0814. The minimum atomic E-state index is -0.380. The standard InChI is InChI=1S/C13H19FN2OS/c1-3-16(8-9-17-4-2)11-7-5-6-10(14)12(11)13(15)18/h5-7H,3-4,8-9H2,1-2H3,(H2,15,18). The van der Waals surface area contributed by atoms with E-state index in [2.05, 4.69) is 0 Å². The molecule has 0 saturated heterocycles. The molecule has 0 amide bonds. The molecule has 0 atom stereocenters. The molecule has 1 aromatic rings. The summed E-state index contributed by atoms with van der Waals surface area (Å²) < 4.78 is 19.1. The Morgan fingerprint density at radius 2 is 2.17 bits per heavy atom. The van der Waals surface area contributed by atoms with Crippen molar-refractivity contribution in [2.45, 2.75) is 13.8 Å². The Bertz CT molecular complexity index is 412. The lowest BCUT2D eigenvalue weighted by Gasteiger charge is -2.25. The first-order valence-electron chi connectivity index (χ1n) is 6.02. The molecule has 5 heteroatoms. The van der Waals surface area contributed by atoms with Gasteiger partial charge in [-0.05, 0) is 26.0 Å². The number of anilines is 1. The van der Waals surface area contributed by atoms with Crippen molar-refractivity contribution in [3.63, 3.8) is 0 Å². The minimum Gasteiger partial charge on any atom is -0.389 e. The first-order valence-corrected chi connectivity index (χ1v) is 6.43. The molecule has 0 heterocycles. The maximum absolute atomic E-state index is 13.8. The van der Waals surface area contributed by atoms with Crippen molar-refractivity contribution in [2.75, 3.05) is 31.2 Å². The van der Waals surface area contributed by atoms with Gasteiger partial charge in [0, 0.05) is 25.4 Å². The molecule has 18 heavy (non-hydrogen) atoms. The normalized spacial score (nSPS) is 10.4. The lowest BCUT2D eigenvalue weighted by Crippen LogP contribution is -2.30. The van der Waals surface area contributed by atoms with Crippen molar-refractivity contribution in [3.05, 3.63) is 29.6 Å². The van der Waals surface area contributed by atoms with Gasteiger partial charge in [-0.1, -0.05) is 18.3 Å². The summed E-state index contributed by atoms with van der Waals surface area (Å²) in [6.45, 7) is 6.63. The summed E-state index contributed by atoms with van der Waals surface area (Å²) in [6.07, 6.45) is 0. The maximum Gasteiger partial charge on any atom is 0.135 e. The summed E-state index contributed by atoms with van der Waals surface area (Å²) in [5.41, 5.74) is 6.63. The van der Waals surface area contributed by atoms with Gasteiger partial charge in [0.2, 0.25) is 0 Å². The number of nitrogens with zero attached hydrogens (tertiary/aromatic N) is 1. The van der Waals surface area contributed by atoms with Crippen molar-refractivity contribution >= 4 is 22.9 Å². The zero-order valence-corrected chi connectivity index (χ0v) is 11.6. The van der Waals surface area contributed by atoms with E-state index in [1.165, 1.54) is 6.07 Å². The van der Waals surface area contributed by atoms with Gasteiger partial charge in [-0.15, -0.1) is 0 Å². The van der Waals surface area contributed by atoms with Crippen LogP contribution in [0.4, 0.5) is 10.1 Å². The van der Waals surface area contributed by atoms with E-state index in [1.54, 1.807) is 6.07 Å². The van der Waals surface area contributed by atoms with Crippen molar-refractivity contribution in [1.82, 2.24) is 0 Å². The van der Waals surface area contributed by atoms with Gasteiger partial charge in [0.1, 0.15) is 10.8 Å². The van der Waals surface area contributed by atoms with E-state index in [1.807, 2.05) is 24.8 Å². The highest BCUT2D eigenvalue weighted by Crippen LogP contribution is 2.23. The zero-order valence-electron chi connectivity index (χ0n) is 10.8. The Hall–Kier alpha value is -1.20. The van der Waals surface area contributed by atoms with Crippen LogP contribution in [0.25, 0.3) is 0 Å². The fourth-order valence-electron chi connectivity index (χ4n) is 1.79. The van der Waals surface area contributed by atoms with E-state index in [4.69, 9.17) is 22.7 Å². The largest absolute Gasteiger partial charge is 0.389 e. The first-order chi connectivity index (χ1) is 8.61. The number of ether oxygens (including phenoxy) is 1. The van der Waals surface area contributed by atoms with Gasteiger partial charge < -0.3 is 15.4 Å². The number of rotatable bonds is 7. The number of likely N-dealkylation sites (N-methyl/N-ethyl adjacent to an activating group) is 1. The quantitative estimate of drug-likeness (QED) is 0.609. The number of nitrogens with two attached hydrogens (primary N) is 1. The van der Waals surface area contributed by atoms with Crippen LogP contribution in [-0.4, -0.2) is 31.3 Å². The Morgan fingerprint density at radius 3 is 2.72 bits per heavy atom. The molecule has 2 N–H and O–H groups in total. The Morgan fingerprint density at radius 1 is 1.44 bits per heavy atom. The lowest BCUT2D eigenvalue weighted by molar-refractivity contribution is 0.154. The predicted molar refractivity (Wildman–Crippen MR) is 76.7 cm³/mol. The second kappa shape index (κ2) is 7.28.